The van der Waals surface area contributed by atoms with Gasteiger partial charge in [-0.15, -0.1) is 0 Å². The molecule has 0 bridgehead atoms. The quantitative estimate of drug-likeness (QED) is 0.791. The van der Waals surface area contributed by atoms with Crippen molar-refractivity contribution in [2.75, 3.05) is 25.5 Å². The highest BCUT2D eigenvalue weighted by Crippen LogP contribution is 2.07. The number of nitrogens with one attached hydrogen (secondary N) is 1. The molecule has 1 aromatic rings. The van der Waals surface area contributed by atoms with Gasteiger partial charge in [0.2, 0.25) is 5.91 Å². The molecular weight excluding hydrogens is 218 g/mol. The van der Waals surface area contributed by atoms with E-state index in [2.05, 4.69) is 22.3 Å². The molecule has 0 aliphatic heterocycles. The van der Waals surface area contributed by atoms with E-state index in [-0.39, 0.29) is 5.91 Å². The molecule has 0 unspecified atom stereocenters. The fourth-order valence-electron chi connectivity index (χ4n) is 1.46. The number of anilines is 1. The van der Waals surface area contributed by atoms with Crippen LogP contribution in [0.3, 0.4) is 0 Å². The first-order valence-corrected chi connectivity index (χ1v) is 6.03. The van der Waals surface area contributed by atoms with Gasteiger partial charge in [0.1, 0.15) is 5.76 Å². The molecule has 0 saturated heterocycles. The number of hydrogen-bond acceptors (Lipinski definition) is 4. The lowest BCUT2D eigenvalue weighted by Gasteiger charge is -2.15. The Morgan fingerprint density at radius 1 is 1.53 bits per heavy atom. The van der Waals surface area contributed by atoms with Crippen LogP contribution >= 0.6 is 0 Å². The van der Waals surface area contributed by atoms with E-state index >= 15 is 0 Å². The Morgan fingerprint density at radius 3 is 2.88 bits per heavy atom. The Labute approximate surface area is 102 Å². The molecule has 1 N–H and O–H groups in total. The SMILES string of the molecule is CCCCN(C)CCC(=O)Nc1cc(C)on1. The molecule has 96 valence electrons. The highest BCUT2D eigenvalue weighted by molar-refractivity contribution is 5.89. The number of aromatic nitrogens is 1. The fraction of sp³-hybridized carbons (Fsp3) is 0.667. The largest absolute Gasteiger partial charge is 0.360 e. The fourth-order valence-corrected chi connectivity index (χ4v) is 1.46. The monoisotopic (exact) mass is 239 g/mol. The maximum atomic E-state index is 11.6. The Morgan fingerprint density at radius 2 is 2.29 bits per heavy atom. The maximum absolute atomic E-state index is 11.6. The summed E-state index contributed by atoms with van der Waals surface area (Å²) < 4.78 is 4.87. The third kappa shape index (κ3) is 5.49. The van der Waals surface area contributed by atoms with Crippen LogP contribution < -0.4 is 5.32 Å². The molecule has 5 nitrogen and oxygen atoms in total. The molecule has 1 heterocycles. The van der Waals surface area contributed by atoms with Gasteiger partial charge in [0.05, 0.1) is 0 Å². The molecule has 5 heteroatoms. The summed E-state index contributed by atoms with van der Waals surface area (Å²) in [6, 6.07) is 1.71. The number of unbranched alkanes of at least 4 members (excludes halogenated alkanes) is 1. The number of aryl methyl sites for hydroxylation is 1. The van der Waals surface area contributed by atoms with Gasteiger partial charge in [-0.25, -0.2) is 0 Å². The highest BCUT2D eigenvalue weighted by atomic mass is 16.5. The maximum Gasteiger partial charge on any atom is 0.226 e. The van der Waals surface area contributed by atoms with E-state index in [4.69, 9.17) is 4.52 Å². The molecule has 1 aromatic heterocycles. The van der Waals surface area contributed by atoms with E-state index in [1.54, 1.807) is 13.0 Å². The van der Waals surface area contributed by atoms with Crippen LogP contribution in [0.5, 0.6) is 0 Å². The normalized spacial score (nSPS) is 10.8. The number of hydrogen-bond donors (Lipinski definition) is 1. The summed E-state index contributed by atoms with van der Waals surface area (Å²) >= 11 is 0. The van der Waals surface area contributed by atoms with Crippen LogP contribution in [0, 0.1) is 6.92 Å². The minimum Gasteiger partial charge on any atom is -0.360 e. The Kier molecular flexibility index (Phi) is 5.69. The second-order valence-corrected chi connectivity index (χ2v) is 4.28. The molecular formula is C12H21N3O2. The van der Waals surface area contributed by atoms with Gasteiger partial charge in [0.15, 0.2) is 5.82 Å². The first kappa shape index (κ1) is 13.7. The average molecular weight is 239 g/mol. The summed E-state index contributed by atoms with van der Waals surface area (Å²) in [5.41, 5.74) is 0. The summed E-state index contributed by atoms with van der Waals surface area (Å²) in [5, 5.41) is 6.42. The van der Waals surface area contributed by atoms with E-state index in [0.29, 0.717) is 18.0 Å². The second kappa shape index (κ2) is 7.06. The van der Waals surface area contributed by atoms with Crippen molar-refractivity contribution in [1.29, 1.82) is 0 Å². The average Bonchev–Trinajstić information content (AvgIpc) is 2.69. The van der Waals surface area contributed by atoms with E-state index in [0.717, 1.165) is 13.1 Å². The van der Waals surface area contributed by atoms with Gasteiger partial charge < -0.3 is 14.7 Å². The third-order valence-corrected chi connectivity index (χ3v) is 2.51. The molecule has 0 atom stereocenters. The van der Waals surface area contributed by atoms with Crippen LogP contribution in [0.2, 0.25) is 0 Å². The van der Waals surface area contributed by atoms with Crippen molar-refractivity contribution in [3.05, 3.63) is 11.8 Å². The van der Waals surface area contributed by atoms with Crippen molar-refractivity contribution in [2.24, 2.45) is 0 Å². The molecule has 1 rings (SSSR count). The number of nitrogens with zero attached hydrogens (tertiary/aromatic N) is 2. The zero-order valence-corrected chi connectivity index (χ0v) is 10.8. The first-order valence-electron chi connectivity index (χ1n) is 6.03. The first-order chi connectivity index (χ1) is 8.11. The summed E-state index contributed by atoms with van der Waals surface area (Å²) in [7, 11) is 2.03. The Bertz CT molecular complexity index is 349. The van der Waals surface area contributed by atoms with Crippen molar-refractivity contribution in [3.63, 3.8) is 0 Å². The Hall–Kier alpha value is -1.36. The van der Waals surface area contributed by atoms with Crippen LogP contribution in [0.25, 0.3) is 0 Å². The van der Waals surface area contributed by atoms with Crippen LogP contribution in [0.15, 0.2) is 10.6 Å². The number of carbonyl (C=O) groups excluding carboxylic acids is 1. The van der Waals surface area contributed by atoms with Crippen molar-refractivity contribution < 1.29 is 9.32 Å². The van der Waals surface area contributed by atoms with E-state index in [1.165, 1.54) is 12.8 Å². The minimum absolute atomic E-state index is 0.0263. The lowest BCUT2D eigenvalue weighted by molar-refractivity contribution is -0.116. The van der Waals surface area contributed by atoms with Crippen LogP contribution in [-0.2, 0) is 4.79 Å². The summed E-state index contributed by atoms with van der Waals surface area (Å²) in [6.45, 7) is 5.75. The third-order valence-electron chi connectivity index (χ3n) is 2.51. The van der Waals surface area contributed by atoms with Gasteiger partial charge >= 0.3 is 0 Å². The molecule has 0 fully saturated rings. The second-order valence-electron chi connectivity index (χ2n) is 4.28. The van der Waals surface area contributed by atoms with Crippen molar-refractivity contribution in [2.45, 2.75) is 33.1 Å². The molecule has 0 aromatic carbocycles. The predicted molar refractivity (Wildman–Crippen MR) is 66.9 cm³/mol. The van der Waals surface area contributed by atoms with Gasteiger partial charge in [0.25, 0.3) is 0 Å². The van der Waals surface area contributed by atoms with Gasteiger partial charge in [-0.1, -0.05) is 18.5 Å². The summed E-state index contributed by atoms with van der Waals surface area (Å²) in [6.07, 6.45) is 2.82. The van der Waals surface area contributed by atoms with Crippen molar-refractivity contribution in [1.82, 2.24) is 10.1 Å². The summed E-state index contributed by atoms with van der Waals surface area (Å²) in [5.74, 6) is 1.16. The molecule has 0 aliphatic carbocycles. The van der Waals surface area contributed by atoms with Gasteiger partial charge in [-0.3, -0.25) is 4.79 Å². The zero-order chi connectivity index (χ0) is 12.7. The molecule has 0 saturated carbocycles. The number of rotatable bonds is 7. The minimum atomic E-state index is -0.0263. The van der Waals surface area contributed by atoms with Gasteiger partial charge in [-0.05, 0) is 26.9 Å². The lowest BCUT2D eigenvalue weighted by Crippen LogP contribution is -2.25. The van der Waals surface area contributed by atoms with Crippen molar-refractivity contribution >= 4 is 11.7 Å². The zero-order valence-electron chi connectivity index (χ0n) is 10.8. The molecule has 0 radical (unpaired) electrons. The molecule has 0 spiro atoms. The topological polar surface area (TPSA) is 58.4 Å². The van der Waals surface area contributed by atoms with Crippen LogP contribution in [0.4, 0.5) is 5.82 Å². The molecule has 1 amide bonds. The van der Waals surface area contributed by atoms with Gasteiger partial charge in [0, 0.05) is 19.0 Å². The Balaban J connectivity index is 2.21. The lowest BCUT2D eigenvalue weighted by atomic mass is 10.3. The number of carbonyl (C=O) groups is 1. The van der Waals surface area contributed by atoms with E-state index in [1.807, 2.05) is 7.05 Å². The highest BCUT2D eigenvalue weighted by Gasteiger charge is 2.07. The van der Waals surface area contributed by atoms with E-state index in [9.17, 15) is 4.79 Å². The molecule has 17 heavy (non-hydrogen) atoms. The van der Waals surface area contributed by atoms with Crippen LogP contribution in [-0.4, -0.2) is 36.1 Å². The van der Waals surface area contributed by atoms with Crippen molar-refractivity contribution in [3.8, 4) is 0 Å². The number of amides is 1. The summed E-state index contributed by atoms with van der Waals surface area (Å²) in [4.78, 5) is 13.7. The van der Waals surface area contributed by atoms with E-state index < -0.39 is 0 Å². The standard InChI is InChI=1S/C12H21N3O2/c1-4-5-7-15(3)8-6-12(16)13-11-9-10(2)17-14-11/h9H,4-8H2,1-3H3,(H,13,14,16). The van der Waals surface area contributed by atoms with Crippen LogP contribution in [0.1, 0.15) is 31.9 Å². The predicted octanol–water partition coefficient (Wildman–Crippen LogP) is 2.04. The molecule has 0 aliphatic rings. The van der Waals surface area contributed by atoms with Gasteiger partial charge in [-0.2, -0.15) is 0 Å². The smallest absolute Gasteiger partial charge is 0.226 e.